The van der Waals surface area contributed by atoms with Crippen LogP contribution in [-0.2, 0) is 11.8 Å². The molecule has 0 aliphatic carbocycles. The second kappa shape index (κ2) is 6.08. The molecule has 0 unspecified atom stereocenters. The summed E-state index contributed by atoms with van der Waals surface area (Å²) < 4.78 is 6.86. The zero-order valence-corrected chi connectivity index (χ0v) is 13.2. The number of carbonyl (C=O) groups excluding carboxylic acids is 1. The molecule has 0 atom stereocenters. The molecular weight excluding hydrogens is 266 g/mol. The SMILES string of the molecule is CCOC(=O)c1ccc(-c2cn(C)nc2C)nc1C(C)C. The van der Waals surface area contributed by atoms with Crippen molar-refractivity contribution >= 4 is 5.97 Å². The lowest BCUT2D eigenvalue weighted by molar-refractivity contribution is 0.0524. The van der Waals surface area contributed by atoms with Crippen LogP contribution in [0.2, 0.25) is 0 Å². The van der Waals surface area contributed by atoms with Gasteiger partial charge in [0.1, 0.15) is 0 Å². The molecule has 0 spiro atoms. The Morgan fingerprint density at radius 3 is 2.62 bits per heavy atom. The fourth-order valence-corrected chi connectivity index (χ4v) is 2.30. The average Bonchev–Trinajstić information content (AvgIpc) is 2.77. The highest BCUT2D eigenvalue weighted by atomic mass is 16.5. The van der Waals surface area contributed by atoms with Crippen molar-refractivity contribution in [3.8, 4) is 11.3 Å². The van der Waals surface area contributed by atoms with Gasteiger partial charge < -0.3 is 4.74 Å². The van der Waals surface area contributed by atoms with Crippen LogP contribution in [0.5, 0.6) is 0 Å². The van der Waals surface area contributed by atoms with Crippen molar-refractivity contribution in [2.24, 2.45) is 7.05 Å². The van der Waals surface area contributed by atoms with Crippen LogP contribution in [0.25, 0.3) is 11.3 Å². The number of ether oxygens (including phenoxy) is 1. The molecule has 21 heavy (non-hydrogen) atoms. The molecule has 0 saturated carbocycles. The molecule has 0 saturated heterocycles. The number of carbonyl (C=O) groups is 1. The Morgan fingerprint density at radius 1 is 1.38 bits per heavy atom. The molecule has 5 nitrogen and oxygen atoms in total. The second-order valence-electron chi connectivity index (χ2n) is 5.31. The number of hydrogen-bond donors (Lipinski definition) is 0. The predicted molar refractivity (Wildman–Crippen MR) is 81.2 cm³/mol. The summed E-state index contributed by atoms with van der Waals surface area (Å²) in [5, 5.41) is 4.33. The molecule has 0 aliphatic heterocycles. The molecule has 2 rings (SSSR count). The number of rotatable bonds is 4. The topological polar surface area (TPSA) is 57.0 Å². The normalized spacial score (nSPS) is 11.0. The van der Waals surface area contributed by atoms with E-state index in [-0.39, 0.29) is 11.9 Å². The van der Waals surface area contributed by atoms with Crippen molar-refractivity contribution < 1.29 is 9.53 Å². The largest absolute Gasteiger partial charge is 0.462 e. The maximum absolute atomic E-state index is 12.0. The van der Waals surface area contributed by atoms with Crippen molar-refractivity contribution in [3.63, 3.8) is 0 Å². The first-order chi connectivity index (χ1) is 9.93. The third kappa shape index (κ3) is 3.12. The van der Waals surface area contributed by atoms with Crippen molar-refractivity contribution in [1.29, 1.82) is 0 Å². The summed E-state index contributed by atoms with van der Waals surface area (Å²) in [5.74, 6) is -0.176. The van der Waals surface area contributed by atoms with Gasteiger partial charge in [-0.15, -0.1) is 0 Å². The molecule has 0 N–H and O–H groups in total. The van der Waals surface area contributed by atoms with Crippen LogP contribution in [-0.4, -0.2) is 27.3 Å². The zero-order valence-electron chi connectivity index (χ0n) is 13.2. The van der Waals surface area contributed by atoms with Crippen LogP contribution in [0, 0.1) is 6.92 Å². The van der Waals surface area contributed by atoms with Crippen molar-refractivity contribution in [3.05, 3.63) is 35.3 Å². The van der Waals surface area contributed by atoms with Crippen LogP contribution in [0.4, 0.5) is 0 Å². The first kappa shape index (κ1) is 15.2. The third-order valence-corrected chi connectivity index (χ3v) is 3.26. The van der Waals surface area contributed by atoms with E-state index in [0.29, 0.717) is 12.2 Å². The Bertz CT molecular complexity index is 660. The molecule has 2 aromatic rings. The van der Waals surface area contributed by atoms with Crippen LogP contribution < -0.4 is 0 Å². The Kier molecular flexibility index (Phi) is 4.40. The van der Waals surface area contributed by atoms with Crippen LogP contribution in [0.3, 0.4) is 0 Å². The molecule has 2 heterocycles. The van der Waals surface area contributed by atoms with E-state index in [9.17, 15) is 4.79 Å². The first-order valence-corrected chi connectivity index (χ1v) is 7.12. The van der Waals surface area contributed by atoms with Gasteiger partial charge >= 0.3 is 5.97 Å². The molecule has 0 amide bonds. The summed E-state index contributed by atoms with van der Waals surface area (Å²) >= 11 is 0. The molecule has 112 valence electrons. The number of aryl methyl sites for hydroxylation is 2. The number of hydrogen-bond acceptors (Lipinski definition) is 4. The Balaban J connectivity index is 2.50. The molecule has 2 aromatic heterocycles. The summed E-state index contributed by atoms with van der Waals surface area (Å²) in [4.78, 5) is 16.7. The highest BCUT2D eigenvalue weighted by Crippen LogP contribution is 2.25. The smallest absolute Gasteiger partial charge is 0.339 e. The highest BCUT2D eigenvalue weighted by Gasteiger charge is 2.18. The summed E-state index contributed by atoms with van der Waals surface area (Å²) in [6.45, 7) is 8.15. The van der Waals surface area contributed by atoms with Gasteiger partial charge in [0, 0.05) is 18.8 Å². The molecule has 0 radical (unpaired) electrons. The highest BCUT2D eigenvalue weighted by molar-refractivity contribution is 5.91. The fourth-order valence-electron chi connectivity index (χ4n) is 2.30. The number of esters is 1. The van der Waals surface area contributed by atoms with Crippen molar-refractivity contribution in [1.82, 2.24) is 14.8 Å². The summed E-state index contributed by atoms with van der Waals surface area (Å²) in [6.07, 6.45) is 1.94. The summed E-state index contributed by atoms with van der Waals surface area (Å²) in [6, 6.07) is 3.64. The average molecular weight is 287 g/mol. The van der Waals surface area contributed by atoms with E-state index in [1.807, 2.05) is 40.1 Å². The Morgan fingerprint density at radius 2 is 2.10 bits per heavy atom. The van der Waals surface area contributed by atoms with E-state index in [2.05, 4.69) is 10.1 Å². The lowest BCUT2D eigenvalue weighted by Gasteiger charge is -2.12. The maximum atomic E-state index is 12.0. The van der Waals surface area contributed by atoms with E-state index < -0.39 is 0 Å². The van der Waals surface area contributed by atoms with Gasteiger partial charge in [-0.05, 0) is 31.9 Å². The van der Waals surface area contributed by atoms with Crippen molar-refractivity contribution in [2.75, 3.05) is 6.61 Å². The Labute approximate surface area is 125 Å². The van der Waals surface area contributed by atoms with Gasteiger partial charge in [-0.3, -0.25) is 9.67 Å². The zero-order chi connectivity index (χ0) is 15.6. The van der Waals surface area contributed by atoms with E-state index in [1.54, 1.807) is 17.7 Å². The standard InChI is InChI=1S/C16H21N3O2/c1-6-21-16(20)12-7-8-14(17-15(12)10(2)3)13-9-19(5)18-11(13)4/h7-10H,6H2,1-5H3. The fraction of sp³-hybridized carbons (Fsp3) is 0.438. The maximum Gasteiger partial charge on any atom is 0.339 e. The molecule has 0 bridgehead atoms. The van der Waals surface area contributed by atoms with Crippen LogP contribution in [0.1, 0.15) is 48.4 Å². The number of aromatic nitrogens is 3. The number of nitrogens with zero attached hydrogens (tertiary/aromatic N) is 3. The number of pyridine rings is 1. The van der Waals surface area contributed by atoms with E-state index >= 15 is 0 Å². The minimum Gasteiger partial charge on any atom is -0.462 e. The molecule has 0 fully saturated rings. The molecule has 5 heteroatoms. The third-order valence-electron chi connectivity index (χ3n) is 3.26. The lowest BCUT2D eigenvalue weighted by Crippen LogP contribution is -2.11. The van der Waals surface area contributed by atoms with E-state index in [4.69, 9.17) is 4.74 Å². The molecule has 0 aliphatic rings. The van der Waals surface area contributed by atoms with Crippen LogP contribution >= 0.6 is 0 Å². The first-order valence-electron chi connectivity index (χ1n) is 7.12. The van der Waals surface area contributed by atoms with Gasteiger partial charge in [-0.1, -0.05) is 13.8 Å². The monoisotopic (exact) mass is 287 g/mol. The lowest BCUT2D eigenvalue weighted by atomic mass is 10.0. The van der Waals surface area contributed by atoms with E-state index in [1.165, 1.54) is 0 Å². The van der Waals surface area contributed by atoms with Gasteiger partial charge in [-0.2, -0.15) is 5.10 Å². The van der Waals surface area contributed by atoms with Gasteiger partial charge in [0.2, 0.25) is 0 Å². The molecule has 0 aromatic carbocycles. The molecular formula is C16H21N3O2. The van der Waals surface area contributed by atoms with Gasteiger partial charge in [0.25, 0.3) is 0 Å². The van der Waals surface area contributed by atoms with Crippen LogP contribution in [0.15, 0.2) is 18.3 Å². The second-order valence-corrected chi connectivity index (χ2v) is 5.31. The predicted octanol–water partition coefficient (Wildman–Crippen LogP) is 3.09. The minimum atomic E-state index is -0.317. The van der Waals surface area contributed by atoms with Gasteiger partial charge in [0.15, 0.2) is 0 Å². The van der Waals surface area contributed by atoms with E-state index in [0.717, 1.165) is 22.6 Å². The summed E-state index contributed by atoms with van der Waals surface area (Å²) in [5.41, 5.74) is 4.03. The summed E-state index contributed by atoms with van der Waals surface area (Å²) in [7, 11) is 1.88. The van der Waals surface area contributed by atoms with Gasteiger partial charge in [0.05, 0.1) is 29.3 Å². The Hall–Kier alpha value is -2.17. The van der Waals surface area contributed by atoms with Crippen molar-refractivity contribution in [2.45, 2.75) is 33.6 Å². The quantitative estimate of drug-likeness (QED) is 0.811. The van der Waals surface area contributed by atoms with Gasteiger partial charge in [-0.25, -0.2) is 4.79 Å². The minimum absolute atomic E-state index is 0.140.